The lowest BCUT2D eigenvalue weighted by Gasteiger charge is -2.17. The zero-order valence-corrected chi connectivity index (χ0v) is 12.6. The summed E-state index contributed by atoms with van der Waals surface area (Å²) in [5.41, 5.74) is 0.723. The molecule has 7 nitrogen and oxygen atoms in total. The van der Waals surface area contributed by atoms with Crippen LogP contribution in [0.5, 0.6) is 5.75 Å². The fourth-order valence-electron chi connectivity index (χ4n) is 2.49. The summed E-state index contributed by atoms with van der Waals surface area (Å²) >= 11 is 0. The average Bonchev–Trinajstić information content (AvgIpc) is 2.98. The van der Waals surface area contributed by atoms with E-state index in [2.05, 4.69) is 15.3 Å². The third kappa shape index (κ3) is 3.28. The minimum absolute atomic E-state index is 0.0904. The van der Waals surface area contributed by atoms with Crippen molar-refractivity contribution in [3.8, 4) is 5.75 Å². The monoisotopic (exact) mass is 312 g/mol. The van der Waals surface area contributed by atoms with E-state index in [1.54, 1.807) is 42.6 Å². The molecule has 7 heteroatoms. The van der Waals surface area contributed by atoms with Gasteiger partial charge in [-0.25, -0.2) is 9.97 Å². The van der Waals surface area contributed by atoms with E-state index < -0.39 is 5.92 Å². The molecule has 0 bridgehead atoms. The first-order chi connectivity index (χ1) is 11.2. The van der Waals surface area contributed by atoms with E-state index in [1.807, 2.05) is 12.1 Å². The Bertz CT molecular complexity index is 720. The Hall–Kier alpha value is -2.96. The number of hydrogen-bond acceptors (Lipinski definition) is 5. The minimum Gasteiger partial charge on any atom is -0.497 e. The Kier molecular flexibility index (Phi) is 4.18. The number of anilines is 2. The number of benzene rings is 1. The van der Waals surface area contributed by atoms with Gasteiger partial charge in [0.1, 0.15) is 5.75 Å². The molecule has 3 rings (SSSR count). The second-order valence-corrected chi connectivity index (χ2v) is 5.17. The van der Waals surface area contributed by atoms with Gasteiger partial charge in [-0.1, -0.05) is 6.07 Å². The van der Waals surface area contributed by atoms with E-state index >= 15 is 0 Å². The van der Waals surface area contributed by atoms with Crippen LogP contribution >= 0.6 is 0 Å². The van der Waals surface area contributed by atoms with E-state index in [9.17, 15) is 9.59 Å². The molecule has 1 fully saturated rings. The normalized spacial score (nSPS) is 17.2. The van der Waals surface area contributed by atoms with E-state index in [0.29, 0.717) is 12.3 Å². The number of carbonyl (C=O) groups excluding carboxylic acids is 2. The number of nitrogens with zero attached hydrogens (tertiary/aromatic N) is 3. The van der Waals surface area contributed by atoms with Crippen LogP contribution in [0.3, 0.4) is 0 Å². The molecular formula is C16H16N4O3. The molecule has 2 heterocycles. The van der Waals surface area contributed by atoms with Crippen LogP contribution in [-0.4, -0.2) is 35.4 Å². The molecule has 118 valence electrons. The van der Waals surface area contributed by atoms with Crippen molar-refractivity contribution >= 4 is 23.5 Å². The van der Waals surface area contributed by atoms with Gasteiger partial charge in [0.15, 0.2) is 0 Å². The van der Waals surface area contributed by atoms with Crippen LogP contribution < -0.4 is 15.0 Å². The zero-order valence-electron chi connectivity index (χ0n) is 12.6. The molecule has 1 N–H and O–H groups in total. The van der Waals surface area contributed by atoms with Crippen LogP contribution in [0.15, 0.2) is 42.7 Å². The van der Waals surface area contributed by atoms with Crippen LogP contribution in [0, 0.1) is 5.92 Å². The fourth-order valence-corrected chi connectivity index (χ4v) is 2.49. The maximum Gasteiger partial charge on any atom is 0.232 e. The van der Waals surface area contributed by atoms with Crippen LogP contribution in [0.1, 0.15) is 6.42 Å². The van der Waals surface area contributed by atoms with E-state index in [0.717, 1.165) is 5.69 Å². The molecule has 1 atom stereocenters. The van der Waals surface area contributed by atoms with Gasteiger partial charge in [0.2, 0.25) is 17.8 Å². The molecule has 1 unspecified atom stereocenters. The van der Waals surface area contributed by atoms with Crippen molar-refractivity contribution < 1.29 is 14.3 Å². The van der Waals surface area contributed by atoms with E-state index in [-0.39, 0.29) is 24.2 Å². The number of carbonyl (C=O) groups is 2. The average molecular weight is 312 g/mol. The van der Waals surface area contributed by atoms with Gasteiger partial charge < -0.3 is 9.64 Å². The number of rotatable bonds is 4. The van der Waals surface area contributed by atoms with Gasteiger partial charge in [-0.2, -0.15) is 0 Å². The van der Waals surface area contributed by atoms with Gasteiger partial charge in [0.25, 0.3) is 0 Å². The summed E-state index contributed by atoms with van der Waals surface area (Å²) in [6.45, 7) is 0.324. The molecule has 0 saturated carbocycles. The molecule has 1 aromatic carbocycles. The lowest BCUT2D eigenvalue weighted by atomic mass is 10.1. The van der Waals surface area contributed by atoms with Crippen molar-refractivity contribution in [3.63, 3.8) is 0 Å². The van der Waals surface area contributed by atoms with Crippen LogP contribution in [0.4, 0.5) is 11.6 Å². The minimum atomic E-state index is -0.433. The Morgan fingerprint density at radius 1 is 1.30 bits per heavy atom. The predicted molar refractivity (Wildman–Crippen MR) is 84.1 cm³/mol. The number of amides is 2. The molecule has 0 spiro atoms. The predicted octanol–water partition coefficient (Wildman–Crippen LogP) is 1.48. The van der Waals surface area contributed by atoms with Gasteiger partial charge in [-0.15, -0.1) is 0 Å². The topological polar surface area (TPSA) is 84.4 Å². The SMILES string of the molecule is COc1cccc(N2CC(C(=O)Nc3ncccn3)CC2=O)c1. The summed E-state index contributed by atoms with van der Waals surface area (Å²) in [6.07, 6.45) is 3.26. The van der Waals surface area contributed by atoms with Gasteiger partial charge in [-0.3, -0.25) is 14.9 Å². The van der Waals surface area contributed by atoms with Crippen molar-refractivity contribution in [1.82, 2.24) is 9.97 Å². The van der Waals surface area contributed by atoms with Gasteiger partial charge >= 0.3 is 0 Å². The molecule has 0 aliphatic carbocycles. The first-order valence-corrected chi connectivity index (χ1v) is 7.19. The van der Waals surface area contributed by atoms with Crippen molar-refractivity contribution in [2.75, 3.05) is 23.9 Å². The highest BCUT2D eigenvalue weighted by Gasteiger charge is 2.35. The van der Waals surface area contributed by atoms with Crippen LogP contribution in [0.25, 0.3) is 0 Å². The van der Waals surface area contributed by atoms with Gasteiger partial charge in [0, 0.05) is 37.1 Å². The van der Waals surface area contributed by atoms with Crippen molar-refractivity contribution in [2.24, 2.45) is 5.92 Å². The number of nitrogens with one attached hydrogen (secondary N) is 1. The molecule has 1 aliphatic rings. The largest absolute Gasteiger partial charge is 0.497 e. The summed E-state index contributed by atoms with van der Waals surface area (Å²) in [5.74, 6) is 0.130. The molecule has 2 amide bonds. The highest BCUT2D eigenvalue weighted by molar-refractivity contribution is 6.03. The first-order valence-electron chi connectivity index (χ1n) is 7.19. The third-order valence-electron chi connectivity index (χ3n) is 3.66. The number of hydrogen-bond donors (Lipinski definition) is 1. The maximum absolute atomic E-state index is 12.3. The Labute approximate surface area is 133 Å². The Balaban J connectivity index is 1.70. The fraction of sp³-hybridized carbons (Fsp3) is 0.250. The summed E-state index contributed by atoms with van der Waals surface area (Å²) in [7, 11) is 1.57. The molecule has 2 aromatic rings. The van der Waals surface area contributed by atoms with Crippen molar-refractivity contribution in [2.45, 2.75) is 6.42 Å². The summed E-state index contributed by atoms with van der Waals surface area (Å²) in [4.78, 5) is 34.0. The van der Waals surface area contributed by atoms with E-state index in [4.69, 9.17) is 4.74 Å². The lowest BCUT2D eigenvalue weighted by Crippen LogP contribution is -2.28. The quantitative estimate of drug-likeness (QED) is 0.924. The van der Waals surface area contributed by atoms with Crippen LogP contribution in [0.2, 0.25) is 0 Å². The molecule has 1 aromatic heterocycles. The standard InChI is InChI=1S/C16H16N4O3/c1-23-13-5-2-4-12(9-13)20-10-11(8-14(20)21)15(22)19-16-17-6-3-7-18-16/h2-7,9,11H,8,10H2,1H3,(H,17,18,19,22). The molecular weight excluding hydrogens is 296 g/mol. The Morgan fingerprint density at radius 3 is 2.83 bits per heavy atom. The second-order valence-electron chi connectivity index (χ2n) is 5.17. The molecule has 1 aliphatic heterocycles. The third-order valence-corrected chi connectivity index (χ3v) is 3.66. The van der Waals surface area contributed by atoms with Crippen LogP contribution in [-0.2, 0) is 9.59 Å². The van der Waals surface area contributed by atoms with Gasteiger partial charge in [0.05, 0.1) is 13.0 Å². The highest BCUT2D eigenvalue weighted by atomic mass is 16.5. The zero-order chi connectivity index (χ0) is 16.2. The summed E-state index contributed by atoms with van der Waals surface area (Å²) < 4.78 is 5.17. The highest BCUT2D eigenvalue weighted by Crippen LogP contribution is 2.28. The summed E-state index contributed by atoms with van der Waals surface area (Å²) in [6, 6.07) is 8.88. The lowest BCUT2D eigenvalue weighted by molar-refractivity contribution is -0.122. The molecule has 23 heavy (non-hydrogen) atoms. The number of ether oxygens (including phenoxy) is 1. The van der Waals surface area contributed by atoms with E-state index in [1.165, 1.54) is 0 Å². The summed E-state index contributed by atoms with van der Waals surface area (Å²) in [5, 5.41) is 2.63. The second kappa shape index (κ2) is 6.43. The number of methoxy groups -OCH3 is 1. The number of aromatic nitrogens is 2. The Morgan fingerprint density at radius 2 is 2.09 bits per heavy atom. The molecule has 1 saturated heterocycles. The first kappa shape index (κ1) is 15.0. The maximum atomic E-state index is 12.3. The van der Waals surface area contributed by atoms with Crippen molar-refractivity contribution in [1.29, 1.82) is 0 Å². The van der Waals surface area contributed by atoms with Gasteiger partial charge in [-0.05, 0) is 18.2 Å². The molecule has 0 radical (unpaired) electrons. The van der Waals surface area contributed by atoms with Crippen molar-refractivity contribution in [3.05, 3.63) is 42.7 Å². The smallest absolute Gasteiger partial charge is 0.232 e.